The number of hydrogen-bond acceptors (Lipinski definition) is 3. The summed E-state index contributed by atoms with van der Waals surface area (Å²) in [6.07, 6.45) is 0. The van der Waals surface area contributed by atoms with Crippen LogP contribution in [0.25, 0.3) is 0 Å². The number of rotatable bonds is 11. The minimum absolute atomic E-state index is 0.180. The summed E-state index contributed by atoms with van der Waals surface area (Å²) >= 11 is -0.619. The second-order valence-electron chi connectivity index (χ2n) is 13.0. The molecule has 0 unspecified atom stereocenters. The zero-order chi connectivity index (χ0) is 29.0. The van der Waals surface area contributed by atoms with Crippen molar-refractivity contribution in [2.45, 2.75) is 71.1 Å². The molecular weight excluding hydrogens is 667 g/mol. The maximum atomic E-state index is 13.9. The van der Waals surface area contributed by atoms with E-state index in [0.29, 0.717) is 4.67 Å². The van der Waals surface area contributed by atoms with Gasteiger partial charge < -0.3 is 0 Å². The van der Waals surface area contributed by atoms with Crippen LogP contribution < -0.4 is 0 Å². The van der Waals surface area contributed by atoms with E-state index >= 15 is 0 Å². The molecule has 0 aliphatic carbocycles. The molecule has 0 bridgehead atoms. The summed E-state index contributed by atoms with van der Waals surface area (Å²) in [5, 5.41) is 0. The zero-order valence-corrected chi connectivity index (χ0v) is 29.0. The Bertz CT molecular complexity index is 1260. The monoisotopic (exact) mass is 708 g/mol. The van der Waals surface area contributed by atoms with E-state index in [2.05, 4.69) is 148 Å². The van der Waals surface area contributed by atoms with Crippen molar-refractivity contribution in [2.24, 2.45) is 0 Å². The Labute approximate surface area is 252 Å². The van der Waals surface area contributed by atoms with Crippen molar-refractivity contribution >= 4 is 40.7 Å². The van der Waals surface area contributed by atoms with E-state index in [1.54, 1.807) is 12.1 Å². The molecular formula is C35H41BrO3Sn. The minimum atomic E-state index is -3.98. The van der Waals surface area contributed by atoms with Crippen LogP contribution in [0.15, 0.2) is 112 Å². The van der Waals surface area contributed by atoms with Gasteiger partial charge >= 0.3 is 254 Å². The summed E-state index contributed by atoms with van der Waals surface area (Å²) in [5.41, 5.74) is 3.26. The van der Waals surface area contributed by atoms with Crippen LogP contribution in [0.3, 0.4) is 0 Å². The fourth-order valence-electron chi connectivity index (χ4n) is 6.36. The molecule has 210 valence electrons. The molecule has 1 heterocycles. The van der Waals surface area contributed by atoms with Crippen LogP contribution in [0, 0.1) is 0 Å². The SMILES string of the molecule is CC(C)([CH2][Sn]([CH2]C(C)(C)c1ccccc1)([CH2]C(C)(C)c1ccccc1)[O]C(=O)c1ccc(Br)o1)c1ccccc1. The van der Waals surface area contributed by atoms with E-state index in [1.165, 1.54) is 16.7 Å². The van der Waals surface area contributed by atoms with Crippen molar-refractivity contribution in [3.05, 3.63) is 130 Å². The van der Waals surface area contributed by atoms with Gasteiger partial charge in [0.05, 0.1) is 0 Å². The Morgan fingerprint density at radius 2 is 0.975 bits per heavy atom. The average molecular weight is 708 g/mol. The van der Waals surface area contributed by atoms with Gasteiger partial charge in [0.15, 0.2) is 0 Å². The quantitative estimate of drug-likeness (QED) is 0.146. The Balaban J connectivity index is 1.86. The first-order valence-electron chi connectivity index (χ1n) is 14.0. The molecule has 5 heteroatoms. The van der Waals surface area contributed by atoms with Crippen molar-refractivity contribution in [3.8, 4) is 0 Å². The van der Waals surface area contributed by atoms with E-state index in [-0.39, 0.29) is 28.0 Å². The average Bonchev–Trinajstić information content (AvgIpc) is 3.36. The first kappa shape index (κ1) is 30.6. The van der Waals surface area contributed by atoms with Crippen molar-refractivity contribution in [1.82, 2.24) is 0 Å². The van der Waals surface area contributed by atoms with Crippen LogP contribution in [0.2, 0.25) is 13.3 Å². The Kier molecular flexibility index (Phi) is 9.41. The summed E-state index contributed by atoms with van der Waals surface area (Å²) in [6, 6.07) is 35.4. The van der Waals surface area contributed by atoms with Crippen molar-refractivity contribution in [2.75, 3.05) is 0 Å². The van der Waals surface area contributed by atoms with Gasteiger partial charge in [0, 0.05) is 0 Å². The predicted octanol–water partition coefficient (Wildman–Crippen LogP) is 10.1. The third kappa shape index (κ3) is 7.50. The molecule has 0 atom stereocenters. The standard InChI is InChI=1S/3C10H13.C5H3BrO3.Sn/c3*1-10(2,3)9-7-5-4-6-8-9;6-4-2-1-3(9-4)5(7)8;/h3*4-8H,1H2,2-3H3;1-2H,(H,7,8);/q;;;;+1/p-1. The molecule has 0 aliphatic rings. The van der Waals surface area contributed by atoms with Gasteiger partial charge in [-0.25, -0.2) is 0 Å². The molecule has 0 N–H and O–H groups in total. The van der Waals surface area contributed by atoms with Crippen LogP contribution in [-0.2, 0) is 19.3 Å². The van der Waals surface area contributed by atoms with Gasteiger partial charge in [-0.3, -0.25) is 0 Å². The van der Waals surface area contributed by atoms with Gasteiger partial charge in [0.25, 0.3) is 0 Å². The van der Waals surface area contributed by atoms with Gasteiger partial charge in [0.2, 0.25) is 0 Å². The van der Waals surface area contributed by atoms with E-state index in [0.717, 1.165) is 13.3 Å². The van der Waals surface area contributed by atoms with E-state index in [4.69, 9.17) is 7.49 Å². The molecule has 0 amide bonds. The maximum absolute atomic E-state index is 13.9. The molecule has 0 aliphatic heterocycles. The Hall–Kier alpha value is -2.31. The zero-order valence-electron chi connectivity index (χ0n) is 24.5. The fourth-order valence-corrected chi connectivity index (χ4v) is 25.3. The second-order valence-corrected chi connectivity index (χ2v) is 24.1. The van der Waals surface area contributed by atoms with Crippen LogP contribution in [-0.4, -0.2) is 24.8 Å². The summed E-state index contributed by atoms with van der Waals surface area (Å²) in [4.78, 5) is 13.9. The predicted molar refractivity (Wildman–Crippen MR) is 170 cm³/mol. The third-order valence-electron chi connectivity index (χ3n) is 8.04. The van der Waals surface area contributed by atoms with Crippen molar-refractivity contribution < 1.29 is 12.3 Å². The number of carbonyl (C=O) groups excluding carboxylic acids is 1. The van der Waals surface area contributed by atoms with Gasteiger partial charge in [-0.15, -0.1) is 0 Å². The Morgan fingerprint density at radius 1 is 0.625 bits per heavy atom. The first-order chi connectivity index (χ1) is 18.8. The molecule has 0 fully saturated rings. The summed E-state index contributed by atoms with van der Waals surface area (Å²) in [5.74, 6) is -0.0985. The van der Waals surface area contributed by atoms with Gasteiger partial charge in [-0.2, -0.15) is 0 Å². The van der Waals surface area contributed by atoms with Crippen LogP contribution in [0.5, 0.6) is 0 Å². The molecule has 40 heavy (non-hydrogen) atoms. The van der Waals surface area contributed by atoms with Gasteiger partial charge in [-0.05, 0) is 0 Å². The van der Waals surface area contributed by atoms with Gasteiger partial charge in [0.1, 0.15) is 0 Å². The molecule has 3 nitrogen and oxygen atoms in total. The molecule has 0 saturated heterocycles. The van der Waals surface area contributed by atoms with E-state index in [1.807, 2.05) is 0 Å². The molecule has 4 rings (SSSR count). The number of furan rings is 1. The van der Waals surface area contributed by atoms with Gasteiger partial charge in [-0.1, -0.05) is 0 Å². The van der Waals surface area contributed by atoms with Crippen LogP contribution in [0.4, 0.5) is 0 Å². The number of hydrogen-bond donors (Lipinski definition) is 0. The normalized spacial score (nSPS) is 12.8. The number of carbonyl (C=O) groups is 1. The fraction of sp³-hybridized carbons (Fsp3) is 0.343. The number of benzene rings is 3. The van der Waals surface area contributed by atoms with E-state index in [9.17, 15) is 4.79 Å². The molecule has 4 aromatic rings. The van der Waals surface area contributed by atoms with Crippen LogP contribution >= 0.6 is 15.9 Å². The van der Waals surface area contributed by atoms with Crippen molar-refractivity contribution in [1.29, 1.82) is 0 Å². The first-order valence-corrected chi connectivity index (χ1v) is 22.0. The summed E-state index contributed by atoms with van der Waals surface area (Å²) in [6.45, 7) is 13.8. The third-order valence-corrected chi connectivity index (χ3v) is 23.3. The topological polar surface area (TPSA) is 39.4 Å². The summed E-state index contributed by atoms with van der Waals surface area (Å²) in [7, 11) is 0. The molecule has 0 spiro atoms. The summed E-state index contributed by atoms with van der Waals surface area (Å²) < 4.78 is 15.8. The molecule has 0 radical (unpaired) electrons. The molecule has 1 aromatic heterocycles. The van der Waals surface area contributed by atoms with E-state index < -0.39 is 18.8 Å². The van der Waals surface area contributed by atoms with Crippen molar-refractivity contribution in [3.63, 3.8) is 0 Å². The molecule has 3 aromatic carbocycles. The number of halogens is 1. The second kappa shape index (κ2) is 12.3. The molecule has 0 saturated carbocycles. The Morgan fingerprint density at radius 3 is 1.27 bits per heavy atom. The van der Waals surface area contributed by atoms with Crippen LogP contribution in [0.1, 0.15) is 68.8 Å².